The molecule has 0 N–H and O–H groups in total. The van der Waals surface area contributed by atoms with Gasteiger partial charge in [-0.2, -0.15) is 0 Å². The third-order valence-electron chi connectivity index (χ3n) is 5.12. The first kappa shape index (κ1) is 21.4. The van der Waals surface area contributed by atoms with Crippen LogP contribution in [0, 0.1) is 5.92 Å². The summed E-state index contributed by atoms with van der Waals surface area (Å²) in [6.07, 6.45) is 1.01. The third kappa shape index (κ3) is 4.98. The average Bonchev–Trinajstić information content (AvgIpc) is 3.04. The van der Waals surface area contributed by atoms with E-state index in [2.05, 4.69) is 61.5 Å². The highest BCUT2D eigenvalue weighted by molar-refractivity contribution is 7.99. The van der Waals surface area contributed by atoms with Crippen molar-refractivity contribution in [1.82, 2.24) is 0 Å². The first-order valence-electron chi connectivity index (χ1n) is 10.3. The fraction of sp³-hybridized carbons (Fsp3) is 0.500. The summed E-state index contributed by atoms with van der Waals surface area (Å²) >= 11 is 1.73. The lowest BCUT2D eigenvalue weighted by atomic mass is 9.85. The first-order chi connectivity index (χ1) is 13.5. The van der Waals surface area contributed by atoms with Gasteiger partial charge >= 0.3 is 0 Å². The Kier molecular flexibility index (Phi) is 7.21. The van der Waals surface area contributed by atoms with Gasteiger partial charge in [-0.1, -0.05) is 74.1 Å². The molecular formula is C24H32O3S. The number of fused-ring (bicyclic) bond motifs is 1. The summed E-state index contributed by atoms with van der Waals surface area (Å²) in [6, 6.07) is 21.0. The van der Waals surface area contributed by atoms with Gasteiger partial charge in [-0.25, -0.2) is 0 Å². The molecule has 2 aromatic carbocycles. The van der Waals surface area contributed by atoms with E-state index in [0.29, 0.717) is 0 Å². The zero-order chi connectivity index (χ0) is 20.1. The topological polar surface area (TPSA) is 27.7 Å². The minimum absolute atomic E-state index is 0.0372. The van der Waals surface area contributed by atoms with Crippen LogP contribution >= 0.6 is 11.8 Å². The van der Waals surface area contributed by atoms with E-state index in [4.69, 9.17) is 14.2 Å². The average molecular weight is 401 g/mol. The van der Waals surface area contributed by atoms with Crippen molar-refractivity contribution in [3.05, 3.63) is 66.2 Å². The van der Waals surface area contributed by atoms with Crippen LogP contribution in [0.3, 0.4) is 0 Å². The Hall–Kier alpha value is -1.33. The van der Waals surface area contributed by atoms with Crippen LogP contribution in [0.4, 0.5) is 0 Å². The van der Waals surface area contributed by atoms with Crippen molar-refractivity contribution in [1.29, 1.82) is 0 Å². The van der Waals surface area contributed by atoms with Crippen molar-refractivity contribution in [2.45, 2.75) is 75.5 Å². The maximum Gasteiger partial charge on any atom is 0.163 e. The molecule has 2 fully saturated rings. The van der Waals surface area contributed by atoms with Crippen LogP contribution in [0.2, 0.25) is 0 Å². The van der Waals surface area contributed by atoms with Gasteiger partial charge in [0.1, 0.15) is 11.5 Å². The van der Waals surface area contributed by atoms with Gasteiger partial charge < -0.3 is 14.2 Å². The summed E-state index contributed by atoms with van der Waals surface area (Å²) < 4.78 is 19.1. The molecule has 0 saturated carbocycles. The van der Waals surface area contributed by atoms with Crippen LogP contribution < -0.4 is 0 Å². The predicted molar refractivity (Wildman–Crippen MR) is 115 cm³/mol. The van der Waals surface area contributed by atoms with E-state index in [9.17, 15) is 0 Å². The van der Waals surface area contributed by atoms with Gasteiger partial charge in [0.25, 0.3) is 0 Å². The molecule has 5 atom stereocenters. The molecule has 0 radical (unpaired) electrons. The van der Waals surface area contributed by atoms with E-state index in [-0.39, 0.29) is 29.7 Å². The first-order valence-corrected chi connectivity index (χ1v) is 11.2. The van der Waals surface area contributed by atoms with Gasteiger partial charge in [0, 0.05) is 10.8 Å². The number of rotatable bonds is 4. The molecule has 0 bridgehead atoms. The monoisotopic (exact) mass is 400 g/mol. The van der Waals surface area contributed by atoms with Gasteiger partial charge in [0.15, 0.2) is 5.79 Å². The van der Waals surface area contributed by atoms with Gasteiger partial charge in [-0.3, -0.25) is 0 Å². The van der Waals surface area contributed by atoms with Crippen molar-refractivity contribution in [2.75, 3.05) is 0 Å². The molecule has 2 aliphatic heterocycles. The van der Waals surface area contributed by atoms with Crippen LogP contribution in [-0.4, -0.2) is 29.5 Å². The molecule has 0 unspecified atom stereocenters. The van der Waals surface area contributed by atoms with Gasteiger partial charge in [-0.15, -0.1) is 0 Å². The fourth-order valence-electron chi connectivity index (χ4n) is 3.91. The molecule has 4 rings (SSSR count). The lowest BCUT2D eigenvalue weighted by molar-refractivity contribution is -0.149. The zero-order valence-electron chi connectivity index (χ0n) is 17.5. The molecule has 0 aliphatic carbocycles. The second-order valence-electron chi connectivity index (χ2n) is 7.56. The number of thioether (sulfide) groups is 1. The highest BCUT2D eigenvalue weighted by Crippen LogP contribution is 2.45. The van der Waals surface area contributed by atoms with Gasteiger partial charge in [-0.05, 0) is 44.9 Å². The standard InChI is InChI=1S/C22H26O3S.C2H6/c1-15-18(14-16-10-6-4-7-11-16)19-20(25-22(2,3)24-19)21(23-15)26-17-12-8-5-9-13-17;1-2/h4-13,15,18-21H,14H2,1-3H3;1-2H3/t15-,18-,19+,20+,21-;/m0./s1. The van der Waals surface area contributed by atoms with Crippen LogP contribution in [0.1, 0.15) is 40.2 Å². The fourth-order valence-corrected chi connectivity index (χ4v) is 5.07. The Balaban J connectivity index is 0.00000109. The summed E-state index contributed by atoms with van der Waals surface area (Å²) in [5, 5.41) is 0. The van der Waals surface area contributed by atoms with E-state index >= 15 is 0 Å². The molecule has 2 aromatic rings. The molecule has 3 nitrogen and oxygen atoms in total. The Labute approximate surface area is 173 Å². The molecule has 2 saturated heterocycles. The Morgan fingerprint density at radius 1 is 0.857 bits per heavy atom. The van der Waals surface area contributed by atoms with E-state index in [0.717, 1.165) is 6.42 Å². The number of hydrogen-bond acceptors (Lipinski definition) is 4. The van der Waals surface area contributed by atoms with Crippen molar-refractivity contribution in [3.63, 3.8) is 0 Å². The molecule has 0 spiro atoms. The maximum absolute atomic E-state index is 6.44. The van der Waals surface area contributed by atoms with E-state index in [1.165, 1.54) is 10.5 Å². The second kappa shape index (κ2) is 9.45. The van der Waals surface area contributed by atoms with E-state index in [1.807, 2.05) is 33.8 Å². The number of benzene rings is 2. The molecular weight excluding hydrogens is 368 g/mol. The number of hydrogen-bond donors (Lipinski definition) is 0. The Morgan fingerprint density at radius 2 is 1.43 bits per heavy atom. The normalized spacial score (nSPS) is 30.8. The smallest absolute Gasteiger partial charge is 0.163 e. The predicted octanol–water partition coefficient (Wildman–Crippen LogP) is 5.93. The van der Waals surface area contributed by atoms with E-state index < -0.39 is 5.79 Å². The van der Waals surface area contributed by atoms with E-state index in [1.54, 1.807) is 11.8 Å². The van der Waals surface area contributed by atoms with Crippen molar-refractivity contribution in [3.8, 4) is 0 Å². The third-order valence-corrected chi connectivity index (χ3v) is 6.27. The summed E-state index contributed by atoms with van der Waals surface area (Å²) in [6.45, 7) is 10.2. The Bertz CT molecular complexity index is 719. The van der Waals surface area contributed by atoms with Crippen LogP contribution in [-0.2, 0) is 20.6 Å². The minimum Gasteiger partial charge on any atom is -0.361 e. The molecule has 0 aromatic heterocycles. The van der Waals surface area contributed by atoms with Crippen LogP contribution in [0.5, 0.6) is 0 Å². The summed E-state index contributed by atoms with van der Waals surface area (Å²) in [5.74, 6) is -0.301. The molecule has 2 aliphatic rings. The van der Waals surface area contributed by atoms with Crippen LogP contribution in [0.15, 0.2) is 65.6 Å². The Morgan fingerprint density at radius 3 is 2.07 bits per heavy atom. The molecule has 0 amide bonds. The summed E-state index contributed by atoms with van der Waals surface area (Å²) in [7, 11) is 0. The molecule has 4 heteroatoms. The minimum atomic E-state index is -0.576. The van der Waals surface area contributed by atoms with Crippen molar-refractivity contribution >= 4 is 11.8 Å². The summed E-state index contributed by atoms with van der Waals surface area (Å²) in [4.78, 5) is 1.19. The maximum atomic E-state index is 6.44. The highest BCUT2D eigenvalue weighted by Gasteiger charge is 2.54. The lowest BCUT2D eigenvalue weighted by Gasteiger charge is -2.41. The van der Waals surface area contributed by atoms with Crippen molar-refractivity contribution < 1.29 is 14.2 Å². The lowest BCUT2D eigenvalue weighted by Crippen LogP contribution is -2.51. The van der Waals surface area contributed by atoms with Gasteiger partial charge in [0.2, 0.25) is 0 Å². The van der Waals surface area contributed by atoms with Crippen molar-refractivity contribution in [2.24, 2.45) is 5.92 Å². The quantitative estimate of drug-likeness (QED) is 0.636. The van der Waals surface area contributed by atoms with Crippen LogP contribution in [0.25, 0.3) is 0 Å². The SMILES string of the molecule is CC.C[C@@H]1O[C@@H](Sc2ccccc2)[C@@H]2OC(C)(C)O[C@@H]2[C@H]1Cc1ccccc1. The summed E-state index contributed by atoms with van der Waals surface area (Å²) in [5.41, 5.74) is 1.25. The van der Waals surface area contributed by atoms with Gasteiger partial charge in [0.05, 0.1) is 12.2 Å². The molecule has 2 heterocycles. The molecule has 28 heavy (non-hydrogen) atoms. The zero-order valence-corrected chi connectivity index (χ0v) is 18.3. The number of ether oxygens (including phenoxy) is 3. The highest BCUT2D eigenvalue weighted by atomic mass is 32.2. The second-order valence-corrected chi connectivity index (χ2v) is 8.73. The largest absolute Gasteiger partial charge is 0.361 e. The molecule has 152 valence electrons.